The molecule has 252 valence electrons. The zero-order chi connectivity index (χ0) is 33.5. The number of carbonyl (C=O) groups excluding carboxylic acids is 2. The number of nitrogens with zero attached hydrogens (tertiary/aromatic N) is 4. The summed E-state index contributed by atoms with van der Waals surface area (Å²) in [6.45, 7) is 7.33. The highest BCUT2D eigenvalue weighted by Gasteiger charge is 2.26. The van der Waals surface area contributed by atoms with Crippen molar-refractivity contribution in [3.05, 3.63) is 95.2 Å². The van der Waals surface area contributed by atoms with E-state index in [0.29, 0.717) is 37.1 Å². The van der Waals surface area contributed by atoms with Crippen molar-refractivity contribution in [2.75, 3.05) is 32.7 Å². The van der Waals surface area contributed by atoms with Gasteiger partial charge >= 0.3 is 0 Å². The van der Waals surface area contributed by atoms with Crippen LogP contribution in [0.1, 0.15) is 64.2 Å². The normalized spacial score (nSPS) is 18.3. The summed E-state index contributed by atoms with van der Waals surface area (Å²) in [5.74, 6) is -0.718. The summed E-state index contributed by atoms with van der Waals surface area (Å²) >= 11 is 0. The van der Waals surface area contributed by atoms with Crippen molar-refractivity contribution in [1.29, 1.82) is 0 Å². The van der Waals surface area contributed by atoms with Crippen LogP contribution in [-0.2, 0) is 13.5 Å². The van der Waals surface area contributed by atoms with E-state index in [0.717, 1.165) is 74.6 Å². The Labute approximate surface area is 281 Å². The summed E-state index contributed by atoms with van der Waals surface area (Å²) in [6, 6.07) is 19.0. The van der Waals surface area contributed by atoms with Crippen molar-refractivity contribution >= 4 is 11.8 Å². The lowest BCUT2D eigenvalue weighted by Crippen LogP contribution is -2.44. The van der Waals surface area contributed by atoms with Gasteiger partial charge in [-0.25, -0.2) is 9.37 Å². The molecule has 0 spiro atoms. The van der Waals surface area contributed by atoms with E-state index in [9.17, 15) is 14.0 Å². The van der Waals surface area contributed by atoms with Gasteiger partial charge in [0.05, 0.1) is 6.20 Å². The highest BCUT2D eigenvalue weighted by molar-refractivity contribution is 5.96. The Morgan fingerprint density at radius 1 is 0.938 bits per heavy atom. The fourth-order valence-electron chi connectivity index (χ4n) is 6.45. The number of halogens is 1. The Bertz CT molecular complexity index is 1710. The van der Waals surface area contributed by atoms with Crippen LogP contribution < -0.4 is 20.7 Å². The van der Waals surface area contributed by atoms with Gasteiger partial charge in [0.15, 0.2) is 0 Å². The van der Waals surface area contributed by atoms with Crippen molar-refractivity contribution in [2.45, 2.75) is 57.5 Å². The minimum atomic E-state index is -0.619. The largest absolute Gasteiger partial charge is 0.438 e. The third kappa shape index (κ3) is 8.64. The van der Waals surface area contributed by atoms with Crippen LogP contribution in [0.25, 0.3) is 11.1 Å². The van der Waals surface area contributed by atoms with Gasteiger partial charge in [-0.2, -0.15) is 5.10 Å². The first-order valence-electron chi connectivity index (χ1n) is 16.9. The van der Waals surface area contributed by atoms with E-state index in [4.69, 9.17) is 4.74 Å². The molecule has 1 saturated heterocycles. The molecule has 2 aromatic carbocycles. The Kier molecular flexibility index (Phi) is 10.8. The van der Waals surface area contributed by atoms with Crippen LogP contribution >= 0.6 is 0 Å². The lowest BCUT2D eigenvalue weighted by molar-refractivity contribution is 0.0887. The van der Waals surface area contributed by atoms with Gasteiger partial charge in [0, 0.05) is 51.0 Å². The molecule has 0 bridgehead atoms. The van der Waals surface area contributed by atoms with E-state index < -0.39 is 11.7 Å². The predicted octanol–water partition coefficient (Wildman–Crippen LogP) is 5.03. The number of rotatable bonds is 11. The average molecular weight is 654 g/mol. The second-order valence-electron chi connectivity index (χ2n) is 12.8. The summed E-state index contributed by atoms with van der Waals surface area (Å²) < 4.78 is 22.1. The van der Waals surface area contributed by atoms with E-state index in [1.54, 1.807) is 23.9 Å². The molecular formula is C37H44FN7O3. The number of carbonyl (C=O) groups is 2. The smallest absolute Gasteiger partial charge is 0.272 e. The summed E-state index contributed by atoms with van der Waals surface area (Å²) in [6.07, 6.45) is 5.93. The quantitative estimate of drug-likeness (QED) is 0.208. The zero-order valence-electron chi connectivity index (χ0n) is 27.7. The van der Waals surface area contributed by atoms with Gasteiger partial charge in [0.25, 0.3) is 11.8 Å². The molecule has 11 heteroatoms. The summed E-state index contributed by atoms with van der Waals surface area (Å²) in [4.78, 5) is 32.7. The Hall–Kier alpha value is -4.61. The van der Waals surface area contributed by atoms with Gasteiger partial charge in [-0.15, -0.1) is 0 Å². The molecule has 2 amide bonds. The molecule has 2 aromatic heterocycles. The maximum atomic E-state index is 14.3. The average Bonchev–Trinajstić information content (AvgIpc) is 3.44. The topological polar surface area (TPSA) is 113 Å². The molecule has 1 saturated carbocycles. The molecule has 1 aliphatic carbocycles. The maximum Gasteiger partial charge on any atom is 0.272 e. The van der Waals surface area contributed by atoms with Crippen molar-refractivity contribution in [3.63, 3.8) is 0 Å². The predicted molar refractivity (Wildman–Crippen MR) is 183 cm³/mol. The molecule has 2 fully saturated rings. The number of nitrogens with one attached hydrogen (secondary N) is 3. The number of hydrogen-bond acceptors (Lipinski definition) is 7. The highest BCUT2D eigenvalue weighted by Crippen LogP contribution is 2.30. The molecule has 1 aliphatic heterocycles. The molecule has 0 atom stereocenters. The monoisotopic (exact) mass is 653 g/mol. The highest BCUT2D eigenvalue weighted by atomic mass is 19.1. The van der Waals surface area contributed by atoms with Crippen LogP contribution in [0.3, 0.4) is 0 Å². The first-order valence-corrected chi connectivity index (χ1v) is 16.9. The molecule has 0 radical (unpaired) electrons. The van der Waals surface area contributed by atoms with Crippen LogP contribution in [-0.4, -0.2) is 76.3 Å². The number of aryl methyl sites for hydroxylation is 3. The number of amides is 2. The first kappa shape index (κ1) is 33.3. The van der Waals surface area contributed by atoms with E-state index in [2.05, 4.69) is 55.2 Å². The standard InChI is InChI=1S/C37H44FN7O3/c1-25-20-34(43-44(25)2)36(47)42-31-13-11-30(12-14-31)41-35(46)33-23-29(38)24-40-37(33)48-32-10-4-9-28(22-32)27-8-3-6-26(21-27)7-5-17-45-18-15-39-16-19-45/h3-4,6,8-10,20-24,30-31,39H,5,7,11-19H2,1-2H3,(H,41,46)(H,42,47)/t30-,31+. The van der Waals surface area contributed by atoms with Crippen LogP contribution in [0.4, 0.5) is 4.39 Å². The SMILES string of the molecule is Cc1cc(C(=O)N[C@H]2CC[C@@H](NC(=O)c3cc(F)cnc3Oc3cccc(-c4cccc(CCCN5CCNCC5)c4)c3)CC2)nn1C. The fraction of sp³-hybridized carbons (Fsp3) is 0.405. The van der Waals surface area contributed by atoms with Gasteiger partial charge in [-0.1, -0.05) is 36.4 Å². The second kappa shape index (κ2) is 15.5. The van der Waals surface area contributed by atoms with E-state index in [1.165, 1.54) is 5.56 Å². The Balaban J connectivity index is 1.05. The minimum absolute atomic E-state index is 0.00649. The molecule has 3 N–H and O–H groups in total. The first-order chi connectivity index (χ1) is 23.3. The molecule has 6 rings (SSSR count). The Morgan fingerprint density at radius 2 is 1.62 bits per heavy atom. The molecule has 10 nitrogen and oxygen atoms in total. The van der Waals surface area contributed by atoms with E-state index >= 15 is 0 Å². The van der Waals surface area contributed by atoms with Gasteiger partial charge < -0.3 is 25.6 Å². The van der Waals surface area contributed by atoms with Gasteiger partial charge in [0.2, 0.25) is 5.88 Å². The summed E-state index contributed by atoms with van der Waals surface area (Å²) in [5, 5.41) is 13.7. The third-order valence-electron chi connectivity index (χ3n) is 9.26. The summed E-state index contributed by atoms with van der Waals surface area (Å²) in [5.41, 5.74) is 4.68. The van der Waals surface area contributed by atoms with E-state index in [1.807, 2.05) is 25.1 Å². The van der Waals surface area contributed by atoms with Crippen LogP contribution in [0, 0.1) is 12.7 Å². The maximum absolute atomic E-state index is 14.3. The van der Waals surface area contributed by atoms with Gasteiger partial charge in [0.1, 0.15) is 22.8 Å². The van der Waals surface area contributed by atoms with Gasteiger partial charge in [-0.05, 0) is 92.9 Å². The molecule has 4 aromatic rings. The molecule has 0 unspecified atom stereocenters. The number of pyridine rings is 1. The van der Waals surface area contributed by atoms with E-state index in [-0.39, 0.29) is 29.4 Å². The molecule has 48 heavy (non-hydrogen) atoms. The van der Waals surface area contributed by atoms with Crippen LogP contribution in [0.15, 0.2) is 66.9 Å². The lowest BCUT2D eigenvalue weighted by Gasteiger charge is -2.29. The third-order valence-corrected chi connectivity index (χ3v) is 9.26. The number of piperazine rings is 1. The minimum Gasteiger partial charge on any atom is -0.438 e. The Morgan fingerprint density at radius 3 is 2.33 bits per heavy atom. The van der Waals surface area contributed by atoms with Crippen molar-refractivity contribution < 1.29 is 18.7 Å². The van der Waals surface area contributed by atoms with Crippen LogP contribution in [0.2, 0.25) is 0 Å². The molecule has 2 aliphatic rings. The number of aromatic nitrogens is 3. The lowest BCUT2D eigenvalue weighted by atomic mass is 9.91. The number of hydrogen-bond donors (Lipinski definition) is 3. The molecule has 3 heterocycles. The zero-order valence-corrected chi connectivity index (χ0v) is 27.7. The number of benzene rings is 2. The van der Waals surface area contributed by atoms with Crippen molar-refractivity contribution in [1.82, 2.24) is 35.6 Å². The van der Waals surface area contributed by atoms with Crippen LogP contribution in [0.5, 0.6) is 11.6 Å². The molecular weight excluding hydrogens is 609 g/mol. The van der Waals surface area contributed by atoms with Gasteiger partial charge in [-0.3, -0.25) is 14.3 Å². The second-order valence-corrected chi connectivity index (χ2v) is 12.8. The van der Waals surface area contributed by atoms with Crippen molar-refractivity contribution in [3.8, 4) is 22.8 Å². The van der Waals surface area contributed by atoms with Crippen molar-refractivity contribution in [2.24, 2.45) is 7.05 Å². The number of ether oxygens (including phenoxy) is 1. The summed E-state index contributed by atoms with van der Waals surface area (Å²) in [7, 11) is 1.80. The fourth-order valence-corrected chi connectivity index (χ4v) is 6.45.